The van der Waals surface area contributed by atoms with Gasteiger partial charge in [0.15, 0.2) is 5.78 Å². The van der Waals surface area contributed by atoms with Gasteiger partial charge >= 0.3 is 0 Å². The molecule has 0 spiro atoms. The van der Waals surface area contributed by atoms with Gasteiger partial charge in [0, 0.05) is 29.9 Å². The fraction of sp³-hybridized carbons (Fsp3) is 0.632. The number of methoxy groups -OCH3 is 1. The number of Topliss-reactive ketones (excluding diaryl/α,β-unsaturated/α-hetero) is 1. The summed E-state index contributed by atoms with van der Waals surface area (Å²) in [5, 5.41) is 0. The van der Waals surface area contributed by atoms with E-state index in [0.29, 0.717) is 29.1 Å². The van der Waals surface area contributed by atoms with Crippen molar-refractivity contribution in [3.63, 3.8) is 0 Å². The van der Waals surface area contributed by atoms with Crippen molar-refractivity contribution in [2.75, 3.05) is 18.6 Å². The number of carbonyl (C=O) groups excluding carboxylic acids is 1. The number of carbonyl (C=O) groups is 1. The van der Waals surface area contributed by atoms with E-state index >= 15 is 0 Å². The van der Waals surface area contributed by atoms with Gasteiger partial charge in [-0.05, 0) is 6.42 Å². The molecule has 0 fully saturated rings. The van der Waals surface area contributed by atoms with Gasteiger partial charge in [0.05, 0.1) is 12.7 Å². The Balaban J connectivity index is 2.27. The Morgan fingerprint density at radius 1 is 0.913 bits per heavy atom. The summed E-state index contributed by atoms with van der Waals surface area (Å²) >= 11 is 0. The zero-order valence-corrected chi connectivity index (χ0v) is 14.7. The molecule has 0 atom stereocenters. The van der Waals surface area contributed by atoms with Gasteiger partial charge in [-0.15, -0.1) is 0 Å². The molecule has 23 heavy (non-hydrogen) atoms. The van der Waals surface area contributed by atoms with E-state index in [2.05, 4.69) is 6.92 Å². The predicted octanol–water partition coefficient (Wildman–Crippen LogP) is 4.96. The molecule has 0 aliphatic heterocycles. The molecule has 0 bridgehead atoms. The number of ether oxygens (including phenoxy) is 1. The Bertz CT molecular complexity index is 463. The second-order valence-electron chi connectivity index (χ2n) is 6.18. The summed E-state index contributed by atoms with van der Waals surface area (Å²) in [6.45, 7) is 2.24. The molecule has 4 heteroatoms. The Morgan fingerprint density at radius 2 is 1.39 bits per heavy atom. The smallest absolute Gasteiger partial charge is 0.167 e. The van der Waals surface area contributed by atoms with E-state index in [9.17, 15) is 4.79 Å². The standard InChI is InChI=1S/C19H32N2O2/c1-3-4-5-6-7-8-9-10-11-12-18(22)19-16(20)13-15(23-2)14-17(19)21/h13-14H,3-12,20-21H2,1-2H3. The molecule has 130 valence electrons. The van der Waals surface area contributed by atoms with E-state index in [4.69, 9.17) is 16.2 Å². The minimum Gasteiger partial charge on any atom is -0.497 e. The monoisotopic (exact) mass is 320 g/mol. The number of nitrogen functional groups attached to an aromatic ring is 2. The molecule has 1 rings (SSSR count). The molecule has 1 aromatic carbocycles. The highest BCUT2D eigenvalue weighted by molar-refractivity contribution is 6.05. The largest absolute Gasteiger partial charge is 0.497 e. The van der Waals surface area contributed by atoms with Crippen LogP contribution in [-0.2, 0) is 0 Å². The van der Waals surface area contributed by atoms with Crippen LogP contribution in [0.15, 0.2) is 12.1 Å². The van der Waals surface area contributed by atoms with Gasteiger partial charge < -0.3 is 16.2 Å². The third-order valence-corrected chi connectivity index (χ3v) is 4.19. The summed E-state index contributed by atoms with van der Waals surface area (Å²) in [5.41, 5.74) is 13.1. The number of anilines is 2. The molecular formula is C19H32N2O2. The third kappa shape index (κ3) is 6.93. The maximum absolute atomic E-state index is 12.3. The average molecular weight is 320 g/mol. The number of ketones is 1. The second-order valence-corrected chi connectivity index (χ2v) is 6.18. The lowest BCUT2D eigenvalue weighted by atomic mass is 10.00. The molecule has 0 aliphatic rings. The molecular weight excluding hydrogens is 288 g/mol. The van der Waals surface area contributed by atoms with Gasteiger partial charge in [0.1, 0.15) is 5.75 Å². The van der Waals surface area contributed by atoms with Crippen LogP contribution in [0.25, 0.3) is 0 Å². The zero-order chi connectivity index (χ0) is 17.1. The normalized spacial score (nSPS) is 10.7. The maximum Gasteiger partial charge on any atom is 0.167 e. The molecule has 0 aromatic heterocycles. The summed E-state index contributed by atoms with van der Waals surface area (Å²) in [7, 11) is 1.55. The lowest BCUT2D eigenvalue weighted by molar-refractivity contribution is 0.0981. The number of benzene rings is 1. The number of hydrogen-bond acceptors (Lipinski definition) is 4. The number of nitrogens with two attached hydrogens (primary N) is 2. The van der Waals surface area contributed by atoms with Crippen LogP contribution in [-0.4, -0.2) is 12.9 Å². The van der Waals surface area contributed by atoms with E-state index in [-0.39, 0.29) is 5.78 Å². The fourth-order valence-electron chi connectivity index (χ4n) is 2.82. The van der Waals surface area contributed by atoms with Gasteiger partial charge in [-0.1, -0.05) is 58.3 Å². The first-order valence-electron chi connectivity index (χ1n) is 8.86. The summed E-state index contributed by atoms with van der Waals surface area (Å²) in [6, 6.07) is 3.31. The van der Waals surface area contributed by atoms with Crippen molar-refractivity contribution in [2.45, 2.75) is 71.1 Å². The van der Waals surface area contributed by atoms with Gasteiger partial charge in [0.2, 0.25) is 0 Å². The lowest BCUT2D eigenvalue weighted by Gasteiger charge is -2.10. The highest BCUT2D eigenvalue weighted by Crippen LogP contribution is 2.28. The average Bonchev–Trinajstić information content (AvgIpc) is 2.52. The van der Waals surface area contributed by atoms with E-state index in [0.717, 1.165) is 12.8 Å². The maximum atomic E-state index is 12.3. The Hall–Kier alpha value is -1.71. The zero-order valence-electron chi connectivity index (χ0n) is 14.7. The van der Waals surface area contributed by atoms with Crippen LogP contribution in [0.2, 0.25) is 0 Å². The van der Waals surface area contributed by atoms with E-state index < -0.39 is 0 Å². The van der Waals surface area contributed by atoms with Crippen LogP contribution in [0.5, 0.6) is 5.75 Å². The molecule has 1 aromatic rings. The van der Waals surface area contributed by atoms with Gasteiger partial charge in [0.25, 0.3) is 0 Å². The first-order chi connectivity index (χ1) is 11.1. The molecule has 0 radical (unpaired) electrons. The third-order valence-electron chi connectivity index (χ3n) is 4.19. The molecule has 0 unspecified atom stereocenters. The van der Waals surface area contributed by atoms with Crippen molar-refractivity contribution in [2.24, 2.45) is 0 Å². The number of rotatable bonds is 12. The Labute approximate surface area is 140 Å². The summed E-state index contributed by atoms with van der Waals surface area (Å²) in [5.74, 6) is 0.616. The minimum absolute atomic E-state index is 0.0330. The van der Waals surface area contributed by atoms with Crippen LogP contribution < -0.4 is 16.2 Å². The summed E-state index contributed by atoms with van der Waals surface area (Å²) in [6.07, 6.45) is 11.6. The van der Waals surface area contributed by atoms with Crippen molar-refractivity contribution in [3.8, 4) is 5.75 Å². The van der Waals surface area contributed by atoms with Crippen LogP contribution in [0.1, 0.15) is 81.5 Å². The topological polar surface area (TPSA) is 78.3 Å². The summed E-state index contributed by atoms with van der Waals surface area (Å²) < 4.78 is 5.10. The van der Waals surface area contributed by atoms with Crippen molar-refractivity contribution in [3.05, 3.63) is 17.7 Å². The fourth-order valence-corrected chi connectivity index (χ4v) is 2.82. The van der Waals surface area contributed by atoms with Gasteiger partial charge in [-0.2, -0.15) is 0 Å². The van der Waals surface area contributed by atoms with Crippen LogP contribution in [0, 0.1) is 0 Å². The highest BCUT2D eigenvalue weighted by atomic mass is 16.5. The number of unbranched alkanes of at least 4 members (excludes halogenated alkanes) is 8. The molecule has 4 nitrogen and oxygen atoms in total. The van der Waals surface area contributed by atoms with Crippen LogP contribution in [0.4, 0.5) is 11.4 Å². The van der Waals surface area contributed by atoms with Crippen molar-refractivity contribution in [1.29, 1.82) is 0 Å². The van der Waals surface area contributed by atoms with Crippen LogP contribution in [0.3, 0.4) is 0 Å². The van der Waals surface area contributed by atoms with Crippen molar-refractivity contribution >= 4 is 17.2 Å². The summed E-state index contributed by atoms with van der Waals surface area (Å²) in [4.78, 5) is 12.3. The lowest BCUT2D eigenvalue weighted by Crippen LogP contribution is -2.08. The molecule has 4 N–H and O–H groups in total. The molecule has 0 aliphatic carbocycles. The van der Waals surface area contributed by atoms with E-state index in [1.165, 1.54) is 44.9 Å². The van der Waals surface area contributed by atoms with Crippen molar-refractivity contribution < 1.29 is 9.53 Å². The van der Waals surface area contributed by atoms with Gasteiger partial charge in [-0.3, -0.25) is 4.79 Å². The molecule has 0 heterocycles. The van der Waals surface area contributed by atoms with E-state index in [1.54, 1.807) is 19.2 Å². The number of hydrogen-bond donors (Lipinski definition) is 2. The SMILES string of the molecule is CCCCCCCCCCCC(=O)c1c(N)cc(OC)cc1N. The molecule has 0 amide bonds. The van der Waals surface area contributed by atoms with Crippen molar-refractivity contribution in [1.82, 2.24) is 0 Å². The van der Waals surface area contributed by atoms with Crippen LogP contribution >= 0.6 is 0 Å². The minimum atomic E-state index is 0.0330. The molecule has 0 saturated heterocycles. The predicted molar refractivity (Wildman–Crippen MR) is 98.0 cm³/mol. The second kappa shape index (κ2) is 10.9. The van der Waals surface area contributed by atoms with E-state index in [1.807, 2.05) is 0 Å². The Morgan fingerprint density at radius 3 is 1.87 bits per heavy atom. The Kier molecular flexibility index (Phi) is 9.18. The first kappa shape index (κ1) is 19.3. The van der Waals surface area contributed by atoms with Gasteiger partial charge in [-0.25, -0.2) is 0 Å². The molecule has 0 saturated carbocycles. The first-order valence-corrected chi connectivity index (χ1v) is 8.86. The quantitative estimate of drug-likeness (QED) is 0.324. The highest BCUT2D eigenvalue weighted by Gasteiger charge is 2.14.